The Labute approximate surface area is 161 Å². The van der Waals surface area contributed by atoms with Crippen LogP contribution < -0.4 is 21.1 Å². The molecule has 6 nitrogen and oxygen atoms in total. The molecule has 0 aliphatic rings. The van der Waals surface area contributed by atoms with Crippen molar-refractivity contribution < 1.29 is 4.74 Å². The van der Waals surface area contributed by atoms with Crippen molar-refractivity contribution >= 4 is 51.9 Å². The molecule has 0 aliphatic carbocycles. The van der Waals surface area contributed by atoms with Crippen LogP contribution in [0.25, 0.3) is 0 Å². The first-order valence-electron chi connectivity index (χ1n) is 7.72. The average molecular weight is 390 g/mol. The molecule has 0 amide bonds. The van der Waals surface area contributed by atoms with Crippen molar-refractivity contribution in [2.75, 3.05) is 23.5 Å². The Hall–Kier alpha value is -2.70. The van der Waals surface area contributed by atoms with Crippen LogP contribution in [0, 0.1) is 6.92 Å². The number of nitrogens with two attached hydrogens (primary N) is 1. The third-order valence-electron chi connectivity index (χ3n) is 3.75. The predicted octanol–water partition coefficient (Wildman–Crippen LogP) is 5.17. The fourth-order valence-corrected chi connectivity index (χ4v) is 2.70. The summed E-state index contributed by atoms with van der Waals surface area (Å²) in [6.45, 7) is 1.96. The molecular formula is C18H17Cl2N5O. The van der Waals surface area contributed by atoms with Crippen LogP contribution in [0.4, 0.5) is 28.7 Å². The van der Waals surface area contributed by atoms with Crippen LogP contribution in [0.1, 0.15) is 5.56 Å². The summed E-state index contributed by atoms with van der Waals surface area (Å²) in [5, 5.41) is 7.50. The van der Waals surface area contributed by atoms with Crippen molar-refractivity contribution in [1.82, 2.24) is 9.97 Å². The van der Waals surface area contributed by atoms with Crippen LogP contribution in [0.5, 0.6) is 5.75 Å². The summed E-state index contributed by atoms with van der Waals surface area (Å²) in [4.78, 5) is 8.43. The van der Waals surface area contributed by atoms with Gasteiger partial charge in [0.2, 0.25) is 0 Å². The first-order chi connectivity index (χ1) is 12.5. The number of aromatic nitrogens is 2. The van der Waals surface area contributed by atoms with Gasteiger partial charge in [-0.2, -0.15) is 0 Å². The van der Waals surface area contributed by atoms with Crippen LogP contribution in [-0.2, 0) is 0 Å². The molecule has 26 heavy (non-hydrogen) atoms. The van der Waals surface area contributed by atoms with Crippen molar-refractivity contribution in [2.24, 2.45) is 0 Å². The Morgan fingerprint density at radius 3 is 2.15 bits per heavy atom. The van der Waals surface area contributed by atoms with E-state index in [1.165, 1.54) is 6.33 Å². The second-order valence-corrected chi connectivity index (χ2v) is 6.41. The van der Waals surface area contributed by atoms with Gasteiger partial charge in [-0.05, 0) is 42.8 Å². The molecule has 0 spiro atoms. The van der Waals surface area contributed by atoms with E-state index in [1.54, 1.807) is 25.3 Å². The molecule has 0 saturated heterocycles. The molecule has 0 saturated carbocycles. The minimum atomic E-state index is 0.355. The summed E-state index contributed by atoms with van der Waals surface area (Å²) < 4.78 is 5.33. The summed E-state index contributed by atoms with van der Waals surface area (Å²) in [5.41, 5.74) is 9.07. The van der Waals surface area contributed by atoms with E-state index in [0.717, 1.165) is 11.3 Å². The maximum Gasteiger partial charge on any atom is 0.159 e. The number of halogens is 2. The highest BCUT2D eigenvalue weighted by atomic mass is 35.5. The lowest BCUT2D eigenvalue weighted by molar-refractivity contribution is 0.417. The molecule has 0 unspecified atom stereocenters. The molecule has 1 heterocycles. The lowest BCUT2D eigenvalue weighted by Gasteiger charge is -2.15. The summed E-state index contributed by atoms with van der Waals surface area (Å²) in [6.07, 6.45) is 1.41. The summed E-state index contributed by atoms with van der Waals surface area (Å²) in [5.74, 6) is 1.52. The predicted molar refractivity (Wildman–Crippen MR) is 107 cm³/mol. The molecule has 0 fully saturated rings. The van der Waals surface area contributed by atoms with E-state index in [1.807, 2.05) is 25.1 Å². The molecule has 3 rings (SSSR count). The Balaban J connectivity index is 1.93. The first kappa shape index (κ1) is 18.1. The van der Waals surface area contributed by atoms with E-state index < -0.39 is 0 Å². The number of methoxy groups -OCH3 is 1. The van der Waals surface area contributed by atoms with Crippen LogP contribution in [0.3, 0.4) is 0 Å². The van der Waals surface area contributed by atoms with Crippen molar-refractivity contribution in [2.45, 2.75) is 6.92 Å². The summed E-state index contributed by atoms with van der Waals surface area (Å²) >= 11 is 12.1. The molecule has 0 aliphatic heterocycles. The number of hydrogen-bond acceptors (Lipinski definition) is 6. The van der Waals surface area contributed by atoms with Gasteiger partial charge in [0.25, 0.3) is 0 Å². The van der Waals surface area contributed by atoms with E-state index in [4.69, 9.17) is 33.7 Å². The highest BCUT2D eigenvalue weighted by Crippen LogP contribution is 2.34. The maximum absolute atomic E-state index is 6.24. The average Bonchev–Trinajstić information content (AvgIpc) is 2.62. The number of nitrogens with zero attached hydrogens (tertiary/aromatic N) is 2. The number of benzene rings is 2. The largest absolute Gasteiger partial charge is 0.495 e. The normalized spacial score (nSPS) is 10.5. The van der Waals surface area contributed by atoms with Crippen LogP contribution in [-0.4, -0.2) is 17.1 Å². The third-order valence-corrected chi connectivity index (χ3v) is 4.22. The second-order valence-electron chi connectivity index (χ2n) is 5.54. The van der Waals surface area contributed by atoms with Gasteiger partial charge in [-0.15, -0.1) is 0 Å². The Bertz CT molecular complexity index is 949. The van der Waals surface area contributed by atoms with E-state index in [-0.39, 0.29) is 0 Å². The lowest BCUT2D eigenvalue weighted by Crippen LogP contribution is -2.06. The van der Waals surface area contributed by atoms with Crippen LogP contribution in [0.15, 0.2) is 42.7 Å². The standard InChI is InChI=1S/C18H17Cl2N5O/c1-10-3-4-11(19)7-13(10)24-17-16(21)18(23-9-22-17)25-14-8-12(20)5-6-15(14)26-2/h3-9H,21H2,1-2H3,(H2,22,23,24,25). The molecule has 0 bridgehead atoms. The first-order valence-corrected chi connectivity index (χ1v) is 8.47. The Kier molecular flexibility index (Phi) is 5.35. The molecule has 0 radical (unpaired) electrons. The van der Waals surface area contributed by atoms with Gasteiger partial charge < -0.3 is 21.1 Å². The second kappa shape index (κ2) is 7.68. The molecule has 2 aromatic carbocycles. The molecule has 1 aromatic heterocycles. The van der Waals surface area contributed by atoms with Crippen molar-refractivity contribution in [3.63, 3.8) is 0 Å². The van der Waals surface area contributed by atoms with Gasteiger partial charge in [0.1, 0.15) is 17.8 Å². The van der Waals surface area contributed by atoms with Gasteiger partial charge in [-0.3, -0.25) is 0 Å². The van der Waals surface area contributed by atoms with Gasteiger partial charge in [0.05, 0.1) is 12.8 Å². The summed E-state index contributed by atoms with van der Waals surface area (Å²) in [7, 11) is 1.58. The van der Waals surface area contributed by atoms with E-state index in [0.29, 0.717) is 38.8 Å². The van der Waals surface area contributed by atoms with Crippen molar-refractivity contribution in [3.8, 4) is 5.75 Å². The zero-order valence-electron chi connectivity index (χ0n) is 14.2. The van der Waals surface area contributed by atoms with E-state index >= 15 is 0 Å². The van der Waals surface area contributed by atoms with E-state index in [2.05, 4.69) is 20.6 Å². The van der Waals surface area contributed by atoms with Gasteiger partial charge >= 0.3 is 0 Å². The van der Waals surface area contributed by atoms with Gasteiger partial charge in [0.15, 0.2) is 11.6 Å². The van der Waals surface area contributed by atoms with Crippen molar-refractivity contribution in [3.05, 3.63) is 58.3 Å². The monoisotopic (exact) mass is 389 g/mol. The molecule has 4 N–H and O–H groups in total. The topological polar surface area (TPSA) is 85.1 Å². The molecular weight excluding hydrogens is 373 g/mol. The van der Waals surface area contributed by atoms with Gasteiger partial charge in [-0.25, -0.2) is 9.97 Å². The number of anilines is 5. The maximum atomic E-state index is 6.24. The van der Waals surface area contributed by atoms with Crippen LogP contribution >= 0.6 is 23.2 Å². The Morgan fingerprint density at radius 2 is 1.50 bits per heavy atom. The van der Waals surface area contributed by atoms with E-state index in [9.17, 15) is 0 Å². The minimum absolute atomic E-state index is 0.355. The highest BCUT2D eigenvalue weighted by Gasteiger charge is 2.12. The highest BCUT2D eigenvalue weighted by molar-refractivity contribution is 6.31. The zero-order valence-corrected chi connectivity index (χ0v) is 15.7. The van der Waals surface area contributed by atoms with Crippen molar-refractivity contribution in [1.29, 1.82) is 0 Å². The molecule has 134 valence electrons. The zero-order chi connectivity index (χ0) is 18.7. The molecule has 0 atom stereocenters. The summed E-state index contributed by atoms with van der Waals surface area (Å²) in [6, 6.07) is 10.8. The SMILES string of the molecule is COc1ccc(Cl)cc1Nc1ncnc(Nc2cc(Cl)ccc2C)c1N. The quantitative estimate of drug-likeness (QED) is 0.557. The smallest absolute Gasteiger partial charge is 0.159 e. The fraction of sp³-hybridized carbons (Fsp3) is 0.111. The lowest BCUT2D eigenvalue weighted by atomic mass is 10.2. The number of nitrogens with one attached hydrogen (secondary N) is 2. The molecule has 8 heteroatoms. The fourth-order valence-electron chi connectivity index (χ4n) is 2.36. The number of rotatable bonds is 5. The van der Waals surface area contributed by atoms with Gasteiger partial charge in [-0.1, -0.05) is 29.3 Å². The Morgan fingerprint density at radius 1 is 0.923 bits per heavy atom. The molecule has 3 aromatic rings. The number of aryl methyl sites for hydroxylation is 1. The number of ether oxygens (including phenoxy) is 1. The van der Waals surface area contributed by atoms with Crippen LogP contribution in [0.2, 0.25) is 10.0 Å². The minimum Gasteiger partial charge on any atom is -0.495 e. The number of hydrogen-bond donors (Lipinski definition) is 3. The number of nitrogen functional groups attached to an aromatic ring is 1. The van der Waals surface area contributed by atoms with Gasteiger partial charge in [0, 0.05) is 15.7 Å². The third kappa shape index (κ3) is 3.92.